The Morgan fingerprint density at radius 1 is 1.50 bits per heavy atom. The lowest BCUT2D eigenvalue weighted by atomic mass is 10.2. The predicted molar refractivity (Wildman–Crippen MR) is 67.6 cm³/mol. The van der Waals surface area contributed by atoms with Crippen LogP contribution in [0.25, 0.3) is 0 Å². The molecule has 16 heavy (non-hydrogen) atoms. The van der Waals surface area contributed by atoms with Gasteiger partial charge in [-0.25, -0.2) is 4.39 Å². The Morgan fingerprint density at radius 2 is 2.25 bits per heavy atom. The Kier molecular flexibility index (Phi) is 4.98. The van der Waals surface area contributed by atoms with Crippen molar-refractivity contribution in [3.63, 3.8) is 0 Å². The number of β-amino-alcohol motifs (C(OH)–C–C–N with tert-alkyl or cyclic N) is 1. The standard InChI is InChI=1S/C10H12BrFN2O.ClH/c11-8-5-7(12)1-2-9(8)14-4-3-13-6-10(14)15;/h1-2,5,10,13,15H,3-4,6H2;1H. The molecule has 0 spiro atoms. The molecule has 0 aliphatic carbocycles. The summed E-state index contributed by atoms with van der Waals surface area (Å²) in [5.41, 5.74) is 0.824. The molecule has 1 aromatic rings. The van der Waals surface area contributed by atoms with E-state index < -0.39 is 6.23 Å². The van der Waals surface area contributed by atoms with E-state index in [-0.39, 0.29) is 18.2 Å². The van der Waals surface area contributed by atoms with Gasteiger partial charge in [-0.3, -0.25) is 0 Å². The van der Waals surface area contributed by atoms with E-state index in [9.17, 15) is 9.50 Å². The Hall–Kier alpha value is -0.360. The zero-order valence-electron chi connectivity index (χ0n) is 8.49. The van der Waals surface area contributed by atoms with E-state index in [1.165, 1.54) is 12.1 Å². The maximum absolute atomic E-state index is 12.9. The van der Waals surface area contributed by atoms with Gasteiger partial charge in [-0.1, -0.05) is 0 Å². The molecule has 1 fully saturated rings. The van der Waals surface area contributed by atoms with Crippen LogP contribution in [0.4, 0.5) is 10.1 Å². The molecular weight excluding hydrogens is 298 g/mol. The highest BCUT2D eigenvalue weighted by atomic mass is 79.9. The molecule has 0 saturated carbocycles. The van der Waals surface area contributed by atoms with Crippen LogP contribution in [0.3, 0.4) is 0 Å². The van der Waals surface area contributed by atoms with E-state index >= 15 is 0 Å². The lowest BCUT2D eigenvalue weighted by Gasteiger charge is -2.35. The highest BCUT2D eigenvalue weighted by molar-refractivity contribution is 9.10. The molecule has 0 radical (unpaired) electrons. The number of rotatable bonds is 1. The first-order valence-electron chi connectivity index (χ1n) is 4.79. The van der Waals surface area contributed by atoms with Crippen molar-refractivity contribution in [2.75, 3.05) is 24.5 Å². The Labute approximate surface area is 108 Å². The van der Waals surface area contributed by atoms with E-state index in [1.54, 1.807) is 6.07 Å². The van der Waals surface area contributed by atoms with Gasteiger partial charge in [0.25, 0.3) is 0 Å². The van der Waals surface area contributed by atoms with Gasteiger partial charge in [-0.05, 0) is 34.1 Å². The largest absolute Gasteiger partial charge is 0.372 e. The molecule has 2 N–H and O–H groups in total. The molecule has 1 aliphatic rings. The number of piperazine rings is 1. The highest BCUT2D eigenvalue weighted by Crippen LogP contribution is 2.28. The van der Waals surface area contributed by atoms with Crippen LogP contribution in [0.5, 0.6) is 0 Å². The molecular formula is C10H13BrClFN2O. The number of benzene rings is 1. The van der Waals surface area contributed by atoms with Gasteiger partial charge in [0.15, 0.2) is 0 Å². The summed E-state index contributed by atoms with van der Waals surface area (Å²) in [4.78, 5) is 1.85. The average molecular weight is 312 g/mol. The second kappa shape index (κ2) is 5.82. The summed E-state index contributed by atoms with van der Waals surface area (Å²) in [7, 11) is 0. The van der Waals surface area contributed by atoms with Crippen molar-refractivity contribution in [1.29, 1.82) is 0 Å². The van der Waals surface area contributed by atoms with Crippen LogP contribution < -0.4 is 10.2 Å². The Morgan fingerprint density at radius 3 is 2.88 bits per heavy atom. The SMILES string of the molecule is Cl.OC1CNCCN1c1ccc(F)cc1Br. The maximum Gasteiger partial charge on any atom is 0.139 e. The van der Waals surface area contributed by atoms with Crippen LogP contribution in [-0.4, -0.2) is 31.0 Å². The third-order valence-electron chi connectivity index (χ3n) is 2.44. The van der Waals surface area contributed by atoms with Gasteiger partial charge in [0, 0.05) is 24.1 Å². The number of hydrogen-bond acceptors (Lipinski definition) is 3. The van der Waals surface area contributed by atoms with Gasteiger partial charge in [0.05, 0.1) is 5.69 Å². The van der Waals surface area contributed by atoms with Crippen molar-refractivity contribution in [3.8, 4) is 0 Å². The molecule has 1 aliphatic heterocycles. The Bertz CT molecular complexity index is 367. The molecule has 90 valence electrons. The van der Waals surface area contributed by atoms with E-state index in [1.807, 2.05) is 4.90 Å². The smallest absolute Gasteiger partial charge is 0.139 e. The summed E-state index contributed by atoms with van der Waals surface area (Å²) in [6, 6.07) is 4.48. The fraction of sp³-hybridized carbons (Fsp3) is 0.400. The molecule has 1 heterocycles. The third kappa shape index (κ3) is 2.85. The first-order valence-corrected chi connectivity index (χ1v) is 5.58. The molecule has 6 heteroatoms. The molecule has 1 aromatic carbocycles. The van der Waals surface area contributed by atoms with Crippen LogP contribution in [-0.2, 0) is 0 Å². The second-order valence-electron chi connectivity index (χ2n) is 3.47. The van der Waals surface area contributed by atoms with E-state index in [2.05, 4.69) is 21.2 Å². The summed E-state index contributed by atoms with van der Waals surface area (Å²) < 4.78 is 13.6. The molecule has 1 unspecified atom stereocenters. The zero-order valence-corrected chi connectivity index (χ0v) is 10.9. The van der Waals surface area contributed by atoms with Crippen molar-refractivity contribution in [1.82, 2.24) is 5.32 Å². The molecule has 0 aromatic heterocycles. The quantitative estimate of drug-likeness (QED) is 0.829. The number of halogens is 3. The molecule has 2 rings (SSSR count). The number of aliphatic hydroxyl groups is 1. The molecule has 1 saturated heterocycles. The fourth-order valence-electron chi connectivity index (χ4n) is 1.69. The fourth-order valence-corrected chi connectivity index (χ4v) is 2.26. The predicted octanol–water partition coefficient (Wildman–Crippen LogP) is 1.74. The van der Waals surface area contributed by atoms with Gasteiger partial charge >= 0.3 is 0 Å². The van der Waals surface area contributed by atoms with Gasteiger partial charge < -0.3 is 15.3 Å². The number of nitrogens with zero attached hydrogens (tertiary/aromatic N) is 1. The van der Waals surface area contributed by atoms with Crippen molar-refractivity contribution in [2.45, 2.75) is 6.23 Å². The van der Waals surface area contributed by atoms with Crippen molar-refractivity contribution >= 4 is 34.0 Å². The van der Waals surface area contributed by atoms with E-state index in [0.29, 0.717) is 17.6 Å². The van der Waals surface area contributed by atoms with Crippen LogP contribution >= 0.6 is 28.3 Å². The lowest BCUT2D eigenvalue weighted by Crippen LogP contribution is -2.51. The number of nitrogens with one attached hydrogen (secondary N) is 1. The van der Waals surface area contributed by atoms with Crippen molar-refractivity contribution in [2.24, 2.45) is 0 Å². The van der Waals surface area contributed by atoms with Crippen LogP contribution in [0.2, 0.25) is 0 Å². The van der Waals surface area contributed by atoms with E-state index in [4.69, 9.17) is 0 Å². The minimum absolute atomic E-state index is 0. The van der Waals surface area contributed by atoms with Crippen LogP contribution in [0.1, 0.15) is 0 Å². The third-order valence-corrected chi connectivity index (χ3v) is 3.07. The zero-order chi connectivity index (χ0) is 10.8. The van der Waals surface area contributed by atoms with Gasteiger partial charge in [0.2, 0.25) is 0 Å². The van der Waals surface area contributed by atoms with Crippen LogP contribution in [0, 0.1) is 5.82 Å². The van der Waals surface area contributed by atoms with Crippen molar-refractivity contribution < 1.29 is 9.50 Å². The van der Waals surface area contributed by atoms with Gasteiger partial charge in [-0.2, -0.15) is 0 Å². The molecule has 3 nitrogen and oxygen atoms in total. The van der Waals surface area contributed by atoms with E-state index in [0.717, 1.165) is 12.2 Å². The van der Waals surface area contributed by atoms with Crippen molar-refractivity contribution in [3.05, 3.63) is 28.5 Å². The minimum atomic E-state index is -0.555. The van der Waals surface area contributed by atoms with Gasteiger partial charge in [0.1, 0.15) is 12.0 Å². The normalized spacial score (nSPS) is 20.4. The topological polar surface area (TPSA) is 35.5 Å². The maximum atomic E-state index is 12.9. The first-order chi connectivity index (χ1) is 7.18. The summed E-state index contributed by atoms with van der Waals surface area (Å²) in [5, 5.41) is 12.8. The summed E-state index contributed by atoms with van der Waals surface area (Å²) >= 11 is 3.30. The molecule has 0 bridgehead atoms. The first kappa shape index (κ1) is 13.7. The van der Waals surface area contributed by atoms with Crippen LogP contribution in [0.15, 0.2) is 22.7 Å². The molecule has 1 atom stereocenters. The minimum Gasteiger partial charge on any atom is -0.372 e. The summed E-state index contributed by atoms with van der Waals surface area (Å²) in [6.07, 6.45) is -0.555. The second-order valence-corrected chi connectivity index (χ2v) is 4.33. The number of anilines is 1. The number of aliphatic hydroxyl groups excluding tert-OH is 1. The summed E-state index contributed by atoms with van der Waals surface area (Å²) in [5.74, 6) is -0.282. The Balaban J connectivity index is 0.00000128. The molecule has 0 amide bonds. The lowest BCUT2D eigenvalue weighted by molar-refractivity contribution is 0.151. The van der Waals surface area contributed by atoms with Gasteiger partial charge in [-0.15, -0.1) is 12.4 Å². The monoisotopic (exact) mass is 310 g/mol. The highest BCUT2D eigenvalue weighted by Gasteiger charge is 2.21. The summed E-state index contributed by atoms with van der Waals surface area (Å²) in [6.45, 7) is 2.07. The average Bonchev–Trinajstić information content (AvgIpc) is 2.20. The number of hydrogen-bond donors (Lipinski definition) is 2.